The van der Waals surface area contributed by atoms with Crippen molar-refractivity contribution in [3.63, 3.8) is 0 Å². The van der Waals surface area contributed by atoms with Gasteiger partial charge in [0.05, 0.1) is 31.3 Å². The molecule has 0 bridgehead atoms. The lowest BCUT2D eigenvalue weighted by atomic mass is 10.1. The van der Waals surface area contributed by atoms with Crippen molar-refractivity contribution in [3.8, 4) is 17.6 Å². The van der Waals surface area contributed by atoms with Gasteiger partial charge in [-0.05, 0) is 80.3 Å². The first kappa shape index (κ1) is 31.8. The van der Waals surface area contributed by atoms with Gasteiger partial charge in [-0.2, -0.15) is 5.26 Å². The molecule has 8 heteroatoms. The van der Waals surface area contributed by atoms with Gasteiger partial charge >= 0.3 is 17.9 Å². The number of carbonyl (C=O) groups excluding carboxylic acids is 3. The minimum Gasteiger partial charge on any atom is -0.494 e. The molecule has 2 aromatic rings. The van der Waals surface area contributed by atoms with Crippen LogP contribution in [-0.4, -0.2) is 37.7 Å². The second-order valence-corrected chi connectivity index (χ2v) is 9.23. The zero-order valence-corrected chi connectivity index (χ0v) is 23.3. The summed E-state index contributed by atoms with van der Waals surface area (Å²) in [5.41, 5.74) is 2.32. The standard InChI is InChI=1S/C32H37NO7/c1-24(2)31(35)39-21-9-7-5-4-6-8-20-37-28-15-13-27(14-16-28)32(36)40-29-17-11-26(23-25(29)3)12-18-30(34)38-22-10-19-33/h11-18,23H,1,4-10,20-22H2,2-3H3/b18-12+. The lowest BCUT2D eigenvalue weighted by Crippen LogP contribution is -2.09. The quantitative estimate of drug-likeness (QED) is 0.0952. The number of unbranched alkanes of at least 4 members (excludes halogenated alkanes) is 5. The van der Waals surface area contributed by atoms with Crippen LogP contribution in [0.15, 0.2) is 60.7 Å². The minimum absolute atomic E-state index is 0.0564. The lowest BCUT2D eigenvalue weighted by molar-refractivity contribution is -0.139. The average molecular weight is 548 g/mol. The molecule has 0 aliphatic carbocycles. The molecule has 0 spiro atoms. The summed E-state index contributed by atoms with van der Waals surface area (Å²) in [5, 5.41) is 8.48. The molecule has 0 aliphatic heterocycles. The molecule has 40 heavy (non-hydrogen) atoms. The van der Waals surface area contributed by atoms with Gasteiger partial charge in [-0.25, -0.2) is 14.4 Å². The summed E-state index contributed by atoms with van der Waals surface area (Å²) in [6.07, 6.45) is 9.07. The maximum atomic E-state index is 12.6. The molecule has 0 fully saturated rings. The Morgan fingerprint density at radius 2 is 1.57 bits per heavy atom. The number of aryl methyl sites for hydroxylation is 1. The highest BCUT2D eigenvalue weighted by molar-refractivity contribution is 5.91. The molecular formula is C32H37NO7. The molecule has 0 atom stereocenters. The van der Waals surface area contributed by atoms with Gasteiger partial charge in [0.2, 0.25) is 0 Å². The van der Waals surface area contributed by atoms with E-state index in [1.807, 2.05) is 13.0 Å². The number of hydrogen-bond donors (Lipinski definition) is 0. The summed E-state index contributed by atoms with van der Waals surface area (Å²) in [7, 11) is 0. The molecule has 212 valence electrons. The van der Waals surface area contributed by atoms with Crippen molar-refractivity contribution in [2.24, 2.45) is 0 Å². The highest BCUT2D eigenvalue weighted by Gasteiger charge is 2.11. The summed E-state index contributed by atoms with van der Waals surface area (Å²) in [4.78, 5) is 35.5. The van der Waals surface area contributed by atoms with Crippen LogP contribution in [0, 0.1) is 18.3 Å². The fraction of sp³-hybridized carbons (Fsp3) is 0.375. The number of nitrogens with zero attached hydrogens (tertiary/aromatic N) is 1. The smallest absolute Gasteiger partial charge is 0.343 e. The fourth-order valence-electron chi connectivity index (χ4n) is 3.54. The summed E-state index contributed by atoms with van der Waals surface area (Å²) < 4.78 is 21.3. The highest BCUT2D eigenvalue weighted by atomic mass is 16.5. The number of rotatable bonds is 17. The van der Waals surface area contributed by atoms with Crippen molar-refractivity contribution in [1.29, 1.82) is 5.26 Å². The van der Waals surface area contributed by atoms with Crippen molar-refractivity contribution < 1.29 is 33.3 Å². The molecule has 0 aliphatic rings. The molecule has 0 saturated heterocycles. The van der Waals surface area contributed by atoms with Crippen molar-refractivity contribution in [2.45, 2.75) is 58.8 Å². The number of ether oxygens (including phenoxy) is 4. The van der Waals surface area contributed by atoms with E-state index in [0.717, 1.165) is 49.7 Å². The zero-order valence-electron chi connectivity index (χ0n) is 23.3. The Kier molecular flexibility index (Phi) is 14.3. The van der Waals surface area contributed by atoms with Crippen molar-refractivity contribution in [2.75, 3.05) is 19.8 Å². The van der Waals surface area contributed by atoms with Gasteiger partial charge < -0.3 is 18.9 Å². The van der Waals surface area contributed by atoms with E-state index in [4.69, 9.17) is 24.2 Å². The third kappa shape index (κ3) is 12.4. The van der Waals surface area contributed by atoms with E-state index in [9.17, 15) is 14.4 Å². The Morgan fingerprint density at radius 3 is 2.23 bits per heavy atom. The van der Waals surface area contributed by atoms with E-state index in [1.165, 1.54) is 6.08 Å². The second kappa shape index (κ2) is 18.0. The summed E-state index contributed by atoms with van der Waals surface area (Å²) >= 11 is 0. The zero-order chi connectivity index (χ0) is 29.2. The van der Waals surface area contributed by atoms with Crippen molar-refractivity contribution in [3.05, 3.63) is 77.4 Å². The van der Waals surface area contributed by atoms with E-state index < -0.39 is 11.9 Å². The lowest BCUT2D eigenvalue weighted by Gasteiger charge is -2.09. The van der Waals surface area contributed by atoms with Gasteiger partial charge in [0.15, 0.2) is 0 Å². The van der Waals surface area contributed by atoms with Crippen LogP contribution in [0.4, 0.5) is 0 Å². The SMILES string of the molecule is C=C(C)C(=O)OCCCCCCCCOc1ccc(C(=O)Oc2ccc(/C=C/C(=O)OCCC#N)cc2C)cc1. The summed E-state index contributed by atoms with van der Waals surface area (Å²) in [6, 6.07) is 13.9. The number of carbonyl (C=O) groups is 3. The van der Waals surface area contributed by atoms with Crippen LogP contribution < -0.4 is 9.47 Å². The number of hydrogen-bond acceptors (Lipinski definition) is 8. The van der Waals surface area contributed by atoms with Crippen LogP contribution in [0.5, 0.6) is 11.5 Å². The Morgan fingerprint density at radius 1 is 0.900 bits per heavy atom. The number of esters is 3. The second-order valence-electron chi connectivity index (χ2n) is 9.23. The first-order valence-corrected chi connectivity index (χ1v) is 13.4. The Labute approximate surface area is 236 Å². The van der Waals surface area contributed by atoms with Gasteiger partial charge in [-0.3, -0.25) is 0 Å². The normalized spacial score (nSPS) is 10.5. The summed E-state index contributed by atoms with van der Waals surface area (Å²) in [6.45, 7) is 8.10. The van der Waals surface area contributed by atoms with Gasteiger partial charge in [0, 0.05) is 11.6 Å². The van der Waals surface area contributed by atoms with Gasteiger partial charge in [0.1, 0.15) is 18.1 Å². The van der Waals surface area contributed by atoms with Crippen LogP contribution in [0.2, 0.25) is 0 Å². The van der Waals surface area contributed by atoms with Gasteiger partial charge in [0.25, 0.3) is 0 Å². The molecule has 0 heterocycles. The molecule has 0 aromatic heterocycles. The molecule has 2 aromatic carbocycles. The topological polar surface area (TPSA) is 112 Å². The van der Waals surface area contributed by atoms with Crippen LogP contribution in [0.25, 0.3) is 6.08 Å². The molecular weight excluding hydrogens is 510 g/mol. The fourth-order valence-corrected chi connectivity index (χ4v) is 3.54. The molecule has 0 amide bonds. The minimum atomic E-state index is -0.525. The third-order valence-corrected chi connectivity index (χ3v) is 5.75. The van der Waals surface area contributed by atoms with E-state index in [-0.39, 0.29) is 19.0 Å². The first-order valence-electron chi connectivity index (χ1n) is 13.4. The highest BCUT2D eigenvalue weighted by Crippen LogP contribution is 2.22. The molecule has 8 nitrogen and oxygen atoms in total. The molecule has 2 rings (SSSR count). The van der Waals surface area contributed by atoms with Gasteiger partial charge in [-0.15, -0.1) is 0 Å². The van der Waals surface area contributed by atoms with E-state index >= 15 is 0 Å². The van der Waals surface area contributed by atoms with Crippen molar-refractivity contribution >= 4 is 24.0 Å². The van der Waals surface area contributed by atoms with Crippen LogP contribution in [0.1, 0.15) is 73.4 Å². The maximum absolute atomic E-state index is 12.6. The molecule has 0 unspecified atom stereocenters. The first-order chi connectivity index (χ1) is 19.3. The summed E-state index contributed by atoms with van der Waals surface area (Å²) in [5.74, 6) is -0.220. The molecule has 0 saturated carbocycles. The molecule has 0 N–H and O–H groups in total. The number of benzene rings is 2. The van der Waals surface area contributed by atoms with Crippen LogP contribution in [0.3, 0.4) is 0 Å². The average Bonchev–Trinajstić information content (AvgIpc) is 2.94. The van der Waals surface area contributed by atoms with Crippen molar-refractivity contribution in [1.82, 2.24) is 0 Å². The Bertz CT molecular complexity index is 1210. The Balaban J connectivity index is 1.67. The molecule has 0 radical (unpaired) electrons. The maximum Gasteiger partial charge on any atom is 0.343 e. The number of nitriles is 1. The predicted molar refractivity (Wildman–Crippen MR) is 152 cm³/mol. The van der Waals surface area contributed by atoms with Crippen LogP contribution >= 0.6 is 0 Å². The predicted octanol–water partition coefficient (Wildman–Crippen LogP) is 6.52. The van der Waals surface area contributed by atoms with E-state index in [1.54, 1.807) is 55.5 Å². The van der Waals surface area contributed by atoms with E-state index in [0.29, 0.717) is 35.8 Å². The Hall–Kier alpha value is -4.38. The van der Waals surface area contributed by atoms with Gasteiger partial charge in [-0.1, -0.05) is 38.3 Å². The largest absolute Gasteiger partial charge is 0.494 e. The monoisotopic (exact) mass is 547 g/mol. The third-order valence-electron chi connectivity index (χ3n) is 5.75. The van der Waals surface area contributed by atoms with E-state index in [2.05, 4.69) is 6.58 Å². The van der Waals surface area contributed by atoms with Crippen LogP contribution in [-0.2, 0) is 19.1 Å².